The number of aromatic nitrogens is 2. The van der Waals surface area contributed by atoms with Gasteiger partial charge in [0.15, 0.2) is 0 Å². The van der Waals surface area contributed by atoms with Gasteiger partial charge in [0.25, 0.3) is 0 Å². The van der Waals surface area contributed by atoms with E-state index in [0.717, 1.165) is 24.2 Å². The average Bonchev–Trinajstić information content (AvgIpc) is 3.68. The van der Waals surface area contributed by atoms with E-state index < -0.39 is 0 Å². The summed E-state index contributed by atoms with van der Waals surface area (Å²) >= 11 is 0. The first-order chi connectivity index (χ1) is 20.1. The lowest BCUT2D eigenvalue weighted by Crippen LogP contribution is -2.23. The third-order valence-corrected chi connectivity index (χ3v) is 10.4. The molecular weight excluding hydrogens is 504 g/mol. The standard InChI is InChI=1S/C36H46N4O/c1-3-35(17-7-5-8-18-35)23-29-21-27(25-37-29)31-13-11-15-33(39-31)41-34-16-12-14-32(40-34)28-22-30(38-26-28)24-36(4-2)19-9-6-10-20-36/h11-16,21-22,25-28H,3-10,17-20,23-24H2,1-2H3. The predicted octanol–water partition coefficient (Wildman–Crippen LogP) is 9.87. The Morgan fingerprint density at radius 1 is 0.634 bits per heavy atom. The van der Waals surface area contributed by atoms with Crippen LogP contribution in [0.1, 0.15) is 127 Å². The van der Waals surface area contributed by atoms with E-state index in [1.165, 1.54) is 88.4 Å². The van der Waals surface area contributed by atoms with Gasteiger partial charge in [-0.15, -0.1) is 0 Å². The first kappa shape index (κ1) is 28.1. The third-order valence-electron chi connectivity index (χ3n) is 10.4. The minimum absolute atomic E-state index is 0.0965. The van der Waals surface area contributed by atoms with Crippen LogP contribution in [0.25, 0.3) is 0 Å². The lowest BCUT2D eigenvalue weighted by molar-refractivity contribution is 0.179. The molecule has 0 saturated heterocycles. The predicted molar refractivity (Wildman–Crippen MR) is 168 cm³/mol. The van der Waals surface area contributed by atoms with Crippen LogP contribution in [-0.2, 0) is 0 Å². The summed E-state index contributed by atoms with van der Waals surface area (Å²) in [6, 6.07) is 12.0. The number of hydrogen-bond acceptors (Lipinski definition) is 5. The Morgan fingerprint density at radius 2 is 1.07 bits per heavy atom. The number of allylic oxidation sites excluding steroid dienone is 4. The number of ether oxygens (including phenoxy) is 1. The maximum Gasteiger partial charge on any atom is 0.221 e. The summed E-state index contributed by atoms with van der Waals surface area (Å²) in [5, 5.41) is 0. The lowest BCUT2D eigenvalue weighted by atomic mass is 9.69. The van der Waals surface area contributed by atoms with Gasteiger partial charge in [-0.25, -0.2) is 9.97 Å². The molecule has 2 aliphatic carbocycles. The number of aliphatic imine (C=N–C) groups is 2. The molecular formula is C36H46N4O. The van der Waals surface area contributed by atoms with Crippen molar-refractivity contribution in [1.82, 2.24) is 9.97 Å². The van der Waals surface area contributed by atoms with E-state index in [4.69, 9.17) is 24.7 Å². The number of hydrogen-bond donors (Lipinski definition) is 0. The molecule has 2 fully saturated rings. The first-order valence-electron chi connectivity index (χ1n) is 16.2. The molecule has 2 aromatic rings. The zero-order valence-corrected chi connectivity index (χ0v) is 25.0. The Balaban J connectivity index is 1.11. The maximum atomic E-state index is 6.19. The van der Waals surface area contributed by atoms with Crippen LogP contribution in [0, 0.1) is 10.8 Å². The molecule has 0 bridgehead atoms. The van der Waals surface area contributed by atoms with Crippen molar-refractivity contribution >= 4 is 12.4 Å². The summed E-state index contributed by atoms with van der Waals surface area (Å²) in [6.45, 7) is 4.70. The molecule has 0 N–H and O–H groups in total. The molecule has 4 aliphatic rings. The van der Waals surface area contributed by atoms with Crippen molar-refractivity contribution in [2.45, 2.75) is 116 Å². The SMILES string of the molecule is CCC1(CC2=CC(c3cccc(Oc4cccc(C5C=NC(CC6(CC)CCCCC6)=C5)n4)n3)C=N2)CCCCC1. The van der Waals surface area contributed by atoms with Crippen molar-refractivity contribution in [2.24, 2.45) is 20.8 Å². The average molecular weight is 551 g/mol. The highest BCUT2D eigenvalue weighted by Gasteiger charge is 2.33. The van der Waals surface area contributed by atoms with Crippen molar-refractivity contribution in [3.05, 3.63) is 71.3 Å². The van der Waals surface area contributed by atoms with Crippen LogP contribution in [0.15, 0.2) is 69.9 Å². The molecule has 2 atom stereocenters. The van der Waals surface area contributed by atoms with Crippen LogP contribution < -0.4 is 4.74 Å². The van der Waals surface area contributed by atoms with Crippen LogP contribution in [0.2, 0.25) is 0 Å². The van der Waals surface area contributed by atoms with Crippen LogP contribution in [0.3, 0.4) is 0 Å². The van der Waals surface area contributed by atoms with Gasteiger partial charge in [-0.2, -0.15) is 0 Å². The normalized spacial score (nSPS) is 24.7. The second-order valence-corrected chi connectivity index (χ2v) is 13.0. The molecule has 216 valence electrons. The summed E-state index contributed by atoms with van der Waals surface area (Å²) < 4.78 is 6.19. The highest BCUT2D eigenvalue weighted by molar-refractivity contribution is 5.75. The molecule has 0 spiro atoms. The smallest absolute Gasteiger partial charge is 0.221 e. The molecule has 4 heterocycles. The Bertz CT molecular complexity index is 1230. The van der Waals surface area contributed by atoms with Gasteiger partial charge in [-0.1, -0.05) is 77.3 Å². The zero-order valence-electron chi connectivity index (χ0n) is 25.0. The van der Waals surface area contributed by atoms with Crippen molar-refractivity contribution in [1.29, 1.82) is 0 Å². The molecule has 6 rings (SSSR count). The van der Waals surface area contributed by atoms with Crippen LogP contribution in [0.4, 0.5) is 0 Å². The van der Waals surface area contributed by atoms with Crippen molar-refractivity contribution in [3.8, 4) is 11.8 Å². The van der Waals surface area contributed by atoms with E-state index in [1.807, 2.05) is 36.7 Å². The van der Waals surface area contributed by atoms with E-state index >= 15 is 0 Å². The van der Waals surface area contributed by atoms with E-state index in [-0.39, 0.29) is 11.8 Å². The molecule has 0 aromatic carbocycles. The summed E-state index contributed by atoms with van der Waals surface area (Å²) in [4.78, 5) is 19.4. The summed E-state index contributed by atoms with van der Waals surface area (Å²) in [7, 11) is 0. The van der Waals surface area contributed by atoms with E-state index in [0.29, 0.717) is 22.6 Å². The monoisotopic (exact) mass is 550 g/mol. The van der Waals surface area contributed by atoms with E-state index in [1.54, 1.807) is 0 Å². The van der Waals surface area contributed by atoms with Gasteiger partial charge >= 0.3 is 0 Å². The van der Waals surface area contributed by atoms with Gasteiger partial charge in [-0.05, 0) is 73.6 Å². The quantitative estimate of drug-likeness (QED) is 0.296. The van der Waals surface area contributed by atoms with Gasteiger partial charge in [0.2, 0.25) is 11.8 Å². The molecule has 2 unspecified atom stereocenters. The molecule has 5 heteroatoms. The van der Waals surface area contributed by atoms with Gasteiger partial charge in [0.05, 0.1) is 23.2 Å². The Morgan fingerprint density at radius 3 is 1.49 bits per heavy atom. The van der Waals surface area contributed by atoms with Gasteiger partial charge < -0.3 is 4.74 Å². The Kier molecular flexibility index (Phi) is 8.50. The first-order valence-corrected chi connectivity index (χ1v) is 16.2. The highest BCUT2D eigenvalue weighted by atomic mass is 16.5. The maximum absolute atomic E-state index is 6.19. The van der Waals surface area contributed by atoms with Crippen molar-refractivity contribution < 1.29 is 4.74 Å². The summed E-state index contributed by atoms with van der Waals surface area (Å²) in [6.07, 6.45) is 26.9. The minimum Gasteiger partial charge on any atom is -0.421 e. The number of nitrogens with zero attached hydrogens (tertiary/aromatic N) is 4. The van der Waals surface area contributed by atoms with Crippen LogP contribution in [0.5, 0.6) is 11.8 Å². The fourth-order valence-electron chi connectivity index (χ4n) is 7.61. The van der Waals surface area contributed by atoms with Gasteiger partial charge in [0, 0.05) is 36.0 Å². The summed E-state index contributed by atoms with van der Waals surface area (Å²) in [5.74, 6) is 1.33. The van der Waals surface area contributed by atoms with Crippen molar-refractivity contribution in [3.63, 3.8) is 0 Å². The molecule has 5 nitrogen and oxygen atoms in total. The Hall–Kier alpha value is -3.08. The van der Waals surface area contributed by atoms with E-state index in [9.17, 15) is 0 Å². The second kappa shape index (κ2) is 12.4. The van der Waals surface area contributed by atoms with Gasteiger partial charge in [-0.3, -0.25) is 9.98 Å². The zero-order chi connectivity index (χ0) is 28.1. The molecule has 41 heavy (non-hydrogen) atoms. The third kappa shape index (κ3) is 6.55. The van der Waals surface area contributed by atoms with Crippen molar-refractivity contribution in [2.75, 3.05) is 0 Å². The lowest BCUT2D eigenvalue weighted by Gasteiger charge is -2.36. The van der Waals surface area contributed by atoms with E-state index in [2.05, 4.69) is 38.1 Å². The molecule has 2 aliphatic heterocycles. The molecule has 2 aromatic heterocycles. The highest BCUT2D eigenvalue weighted by Crippen LogP contribution is 2.46. The largest absolute Gasteiger partial charge is 0.421 e. The molecule has 0 radical (unpaired) electrons. The minimum atomic E-state index is 0.0965. The topological polar surface area (TPSA) is 59.7 Å². The number of rotatable bonds is 10. The fraction of sp³-hybridized carbons (Fsp3) is 0.556. The van der Waals surface area contributed by atoms with Crippen LogP contribution in [-0.4, -0.2) is 22.4 Å². The Labute approximate surface area is 246 Å². The fourth-order valence-corrected chi connectivity index (χ4v) is 7.61. The summed E-state index contributed by atoms with van der Waals surface area (Å²) in [5.41, 5.74) is 5.24. The van der Waals surface area contributed by atoms with Crippen LogP contribution >= 0.6 is 0 Å². The molecule has 2 saturated carbocycles. The number of pyridine rings is 2. The second-order valence-electron chi connectivity index (χ2n) is 13.0. The van der Waals surface area contributed by atoms with Gasteiger partial charge in [0.1, 0.15) is 0 Å². The molecule has 0 amide bonds.